The highest BCUT2D eigenvalue weighted by Crippen LogP contribution is 2.21. The number of benzene rings is 1. The summed E-state index contributed by atoms with van der Waals surface area (Å²) >= 11 is 1.51. The average molecular weight is 346 g/mol. The van der Waals surface area contributed by atoms with Gasteiger partial charge in [0.1, 0.15) is 0 Å². The minimum Gasteiger partial charge on any atom is -0.452 e. The number of nitrogens with one attached hydrogen (secondary N) is 1. The second-order valence-corrected chi connectivity index (χ2v) is 5.58. The van der Waals surface area contributed by atoms with Crippen LogP contribution in [-0.4, -0.2) is 23.4 Å². The Hall–Kier alpha value is -3.00. The molecule has 24 heavy (non-hydrogen) atoms. The predicted octanol–water partition coefficient (Wildman–Crippen LogP) is 3.16. The van der Waals surface area contributed by atoms with E-state index in [2.05, 4.69) is 5.32 Å². The molecule has 0 unspecified atom stereocenters. The molecule has 0 spiro atoms. The van der Waals surface area contributed by atoms with Crippen LogP contribution >= 0.6 is 11.3 Å². The molecule has 8 heteroatoms. The lowest BCUT2D eigenvalue weighted by Gasteiger charge is -2.08. The summed E-state index contributed by atoms with van der Waals surface area (Å²) in [4.78, 5) is 33.4. The molecule has 2 rings (SSSR count). The van der Waals surface area contributed by atoms with Gasteiger partial charge >= 0.3 is 5.97 Å². The summed E-state index contributed by atoms with van der Waals surface area (Å²) in [5.74, 6) is -1.15. The Labute approximate surface area is 141 Å². The molecule has 1 aromatic heterocycles. The lowest BCUT2D eigenvalue weighted by atomic mass is 10.2. The number of hydrogen-bond acceptors (Lipinski definition) is 6. The molecule has 1 N–H and O–H groups in total. The maximum atomic E-state index is 11.8. The molecule has 0 bridgehead atoms. The lowest BCUT2D eigenvalue weighted by Crippen LogP contribution is -2.20. The monoisotopic (exact) mass is 346 g/mol. The minimum absolute atomic E-state index is 0.0597. The zero-order valence-corrected chi connectivity index (χ0v) is 13.5. The standard InChI is InChI=1S/C16H14N2O5S/c1-11-8-13(18(21)22)3-4-14(11)17-15(19)9-23-16(20)5-2-12-6-7-24-10-12/h2-8,10H,9H2,1H3,(H,17,19)/b5-2+. The van der Waals surface area contributed by atoms with Gasteiger partial charge in [0.05, 0.1) is 4.92 Å². The number of nitrogens with zero attached hydrogens (tertiary/aromatic N) is 1. The average Bonchev–Trinajstić information content (AvgIpc) is 3.06. The molecule has 0 radical (unpaired) electrons. The fraction of sp³-hybridized carbons (Fsp3) is 0.125. The van der Waals surface area contributed by atoms with Gasteiger partial charge in [0, 0.05) is 23.9 Å². The second-order valence-electron chi connectivity index (χ2n) is 4.80. The van der Waals surface area contributed by atoms with Crippen LogP contribution in [0.2, 0.25) is 0 Å². The van der Waals surface area contributed by atoms with Crippen molar-refractivity contribution < 1.29 is 19.2 Å². The number of aryl methyl sites for hydroxylation is 1. The fourth-order valence-electron chi connectivity index (χ4n) is 1.81. The van der Waals surface area contributed by atoms with Crippen LogP contribution in [0.1, 0.15) is 11.1 Å². The van der Waals surface area contributed by atoms with E-state index in [1.165, 1.54) is 35.6 Å². The van der Waals surface area contributed by atoms with E-state index in [9.17, 15) is 19.7 Å². The summed E-state index contributed by atoms with van der Waals surface area (Å²) in [6.07, 6.45) is 2.84. The molecule has 0 saturated heterocycles. The molecule has 0 aliphatic rings. The molecule has 1 aromatic carbocycles. The van der Waals surface area contributed by atoms with Gasteiger partial charge in [0.15, 0.2) is 6.61 Å². The first-order chi connectivity index (χ1) is 11.5. The third-order valence-corrected chi connectivity index (χ3v) is 3.70. The summed E-state index contributed by atoms with van der Waals surface area (Å²) in [6, 6.07) is 5.92. The van der Waals surface area contributed by atoms with Crippen LogP contribution in [0, 0.1) is 17.0 Å². The van der Waals surface area contributed by atoms with E-state index in [0.717, 1.165) is 5.56 Å². The van der Waals surface area contributed by atoms with Crippen LogP contribution in [-0.2, 0) is 14.3 Å². The number of hydrogen-bond donors (Lipinski definition) is 1. The first-order valence-electron chi connectivity index (χ1n) is 6.87. The van der Waals surface area contributed by atoms with E-state index in [0.29, 0.717) is 11.3 Å². The van der Waals surface area contributed by atoms with Gasteiger partial charge in [0.25, 0.3) is 11.6 Å². The van der Waals surface area contributed by atoms with Crippen molar-refractivity contribution in [1.29, 1.82) is 0 Å². The van der Waals surface area contributed by atoms with Crippen molar-refractivity contribution in [2.75, 3.05) is 11.9 Å². The number of esters is 1. The van der Waals surface area contributed by atoms with E-state index in [4.69, 9.17) is 4.74 Å². The summed E-state index contributed by atoms with van der Waals surface area (Å²) in [5.41, 5.74) is 1.79. The van der Waals surface area contributed by atoms with Crippen LogP contribution in [0.15, 0.2) is 41.1 Å². The number of ether oxygens (including phenoxy) is 1. The molecule has 0 aliphatic heterocycles. The van der Waals surface area contributed by atoms with E-state index >= 15 is 0 Å². The van der Waals surface area contributed by atoms with Crippen LogP contribution in [0.25, 0.3) is 6.08 Å². The van der Waals surface area contributed by atoms with Crippen molar-refractivity contribution in [3.63, 3.8) is 0 Å². The lowest BCUT2D eigenvalue weighted by molar-refractivity contribution is -0.384. The Kier molecular flexibility index (Phi) is 5.80. The number of nitro benzene ring substituents is 1. The van der Waals surface area contributed by atoms with Crippen molar-refractivity contribution in [3.8, 4) is 0 Å². The molecule has 0 atom stereocenters. The van der Waals surface area contributed by atoms with Crippen molar-refractivity contribution >= 4 is 40.7 Å². The van der Waals surface area contributed by atoms with Gasteiger partial charge in [0.2, 0.25) is 0 Å². The SMILES string of the molecule is Cc1cc([N+](=O)[O-])ccc1NC(=O)COC(=O)/C=C/c1ccsc1. The number of thiophene rings is 1. The highest BCUT2D eigenvalue weighted by molar-refractivity contribution is 7.08. The Morgan fingerprint density at radius 1 is 1.38 bits per heavy atom. The zero-order valence-electron chi connectivity index (χ0n) is 12.7. The fourth-order valence-corrected chi connectivity index (χ4v) is 2.44. The molecular weight excluding hydrogens is 332 g/mol. The molecular formula is C16H14N2O5S. The van der Waals surface area contributed by atoms with Gasteiger partial charge in [-0.05, 0) is 47.0 Å². The van der Waals surface area contributed by atoms with Crippen molar-refractivity contribution in [3.05, 3.63) is 62.3 Å². The molecule has 0 saturated carbocycles. The largest absolute Gasteiger partial charge is 0.452 e. The van der Waals surface area contributed by atoms with Crippen molar-refractivity contribution in [1.82, 2.24) is 0 Å². The highest BCUT2D eigenvalue weighted by atomic mass is 32.1. The first kappa shape index (κ1) is 17.4. The molecule has 124 valence electrons. The smallest absolute Gasteiger partial charge is 0.331 e. The van der Waals surface area contributed by atoms with Gasteiger partial charge < -0.3 is 10.1 Å². The van der Waals surface area contributed by atoms with E-state index in [1.54, 1.807) is 13.0 Å². The van der Waals surface area contributed by atoms with Gasteiger partial charge in [-0.2, -0.15) is 11.3 Å². The van der Waals surface area contributed by atoms with Gasteiger partial charge in [-0.3, -0.25) is 14.9 Å². The molecule has 1 heterocycles. The Balaban J connectivity index is 1.85. The van der Waals surface area contributed by atoms with Crippen LogP contribution < -0.4 is 5.32 Å². The summed E-state index contributed by atoms with van der Waals surface area (Å²) in [6.45, 7) is 1.20. The second kappa shape index (κ2) is 8.02. The topological polar surface area (TPSA) is 98.5 Å². The maximum absolute atomic E-state index is 11.8. The Morgan fingerprint density at radius 3 is 2.79 bits per heavy atom. The normalized spacial score (nSPS) is 10.5. The molecule has 0 fully saturated rings. The van der Waals surface area contributed by atoms with Gasteiger partial charge in [-0.25, -0.2) is 4.79 Å². The van der Waals surface area contributed by atoms with Crippen LogP contribution in [0.4, 0.5) is 11.4 Å². The number of anilines is 1. The maximum Gasteiger partial charge on any atom is 0.331 e. The number of carbonyl (C=O) groups is 2. The van der Waals surface area contributed by atoms with E-state index < -0.39 is 23.4 Å². The Bertz CT molecular complexity index is 784. The molecule has 0 aliphatic carbocycles. The number of rotatable bonds is 6. The zero-order chi connectivity index (χ0) is 17.5. The van der Waals surface area contributed by atoms with Crippen LogP contribution in [0.3, 0.4) is 0 Å². The predicted molar refractivity (Wildman–Crippen MR) is 90.8 cm³/mol. The quantitative estimate of drug-likeness (QED) is 0.375. The molecule has 1 amide bonds. The summed E-state index contributed by atoms with van der Waals surface area (Å²) in [5, 5.41) is 17.0. The van der Waals surface area contributed by atoms with E-state index in [1.807, 2.05) is 16.8 Å². The van der Waals surface area contributed by atoms with Crippen molar-refractivity contribution in [2.45, 2.75) is 6.92 Å². The van der Waals surface area contributed by atoms with Gasteiger partial charge in [-0.1, -0.05) is 0 Å². The Morgan fingerprint density at radius 2 is 2.17 bits per heavy atom. The number of carbonyl (C=O) groups excluding carboxylic acids is 2. The number of nitro groups is 1. The van der Waals surface area contributed by atoms with Crippen LogP contribution in [0.5, 0.6) is 0 Å². The number of non-ortho nitro benzene ring substituents is 1. The molecule has 7 nitrogen and oxygen atoms in total. The third-order valence-electron chi connectivity index (χ3n) is 3.00. The third kappa shape index (κ3) is 5.03. The van der Waals surface area contributed by atoms with Gasteiger partial charge in [-0.15, -0.1) is 0 Å². The number of amides is 1. The van der Waals surface area contributed by atoms with E-state index in [-0.39, 0.29) is 5.69 Å². The summed E-state index contributed by atoms with van der Waals surface area (Å²) in [7, 11) is 0. The van der Waals surface area contributed by atoms with Crippen molar-refractivity contribution in [2.24, 2.45) is 0 Å². The minimum atomic E-state index is -0.628. The molecule has 2 aromatic rings. The summed E-state index contributed by atoms with van der Waals surface area (Å²) < 4.78 is 4.83. The highest BCUT2D eigenvalue weighted by Gasteiger charge is 2.11. The first-order valence-corrected chi connectivity index (χ1v) is 7.82.